The molecule has 0 fully saturated rings. The summed E-state index contributed by atoms with van der Waals surface area (Å²) in [5.41, 5.74) is 1.99. The number of rotatable bonds is 1. The second-order valence-electron chi connectivity index (χ2n) is 4.73. The van der Waals surface area contributed by atoms with Gasteiger partial charge >= 0.3 is 0 Å². The smallest absolute Gasteiger partial charge is 0.254 e. The Morgan fingerprint density at radius 3 is 2.79 bits per heavy atom. The van der Waals surface area contributed by atoms with Gasteiger partial charge in [-0.05, 0) is 54.6 Å². The molecule has 2 nitrogen and oxygen atoms in total. The lowest BCUT2D eigenvalue weighted by Gasteiger charge is -2.33. The molecule has 1 aliphatic heterocycles. The lowest BCUT2D eigenvalue weighted by Crippen LogP contribution is -2.38. The molecule has 0 aliphatic carbocycles. The van der Waals surface area contributed by atoms with Crippen molar-refractivity contribution in [3.05, 3.63) is 56.7 Å². The fraction of sp³-hybridized carbons (Fsp3) is 0.267. The van der Waals surface area contributed by atoms with Crippen LogP contribution in [0.15, 0.2) is 35.7 Å². The molecule has 1 amide bonds. The summed E-state index contributed by atoms with van der Waals surface area (Å²) in [4.78, 5) is 15.9. The average Bonchev–Trinajstić information content (AvgIpc) is 2.88. The van der Waals surface area contributed by atoms with Gasteiger partial charge in [-0.15, -0.1) is 11.3 Å². The molecule has 0 saturated heterocycles. The maximum absolute atomic E-state index is 12.5. The molecule has 1 aromatic heterocycles. The Bertz CT molecular complexity index is 605. The zero-order valence-corrected chi connectivity index (χ0v) is 12.2. The van der Waals surface area contributed by atoms with Gasteiger partial charge in [-0.1, -0.05) is 11.6 Å². The number of halogens is 1. The number of hydrogen-bond donors (Lipinski definition) is 0. The minimum atomic E-state index is 0.0843. The predicted molar refractivity (Wildman–Crippen MR) is 78.9 cm³/mol. The number of benzene rings is 1. The summed E-state index contributed by atoms with van der Waals surface area (Å²) in [7, 11) is 0. The van der Waals surface area contributed by atoms with Crippen LogP contribution in [-0.4, -0.2) is 17.4 Å². The van der Waals surface area contributed by atoms with E-state index in [4.69, 9.17) is 11.6 Å². The molecular weight excluding hydrogens is 278 g/mol. The van der Waals surface area contributed by atoms with Gasteiger partial charge in [-0.3, -0.25) is 4.79 Å². The highest BCUT2D eigenvalue weighted by Crippen LogP contribution is 2.33. The van der Waals surface area contributed by atoms with Crippen LogP contribution < -0.4 is 0 Å². The summed E-state index contributed by atoms with van der Waals surface area (Å²) in [5, 5.41) is 2.76. The van der Waals surface area contributed by atoms with E-state index in [1.165, 1.54) is 10.4 Å². The van der Waals surface area contributed by atoms with Gasteiger partial charge in [0.05, 0.1) is 6.04 Å². The second-order valence-corrected chi connectivity index (χ2v) is 6.17. The minimum absolute atomic E-state index is 0.0843. The van der Waals surface area contributed by atoms with E-state index in [9.17, 15) is 4.79 Å². The van der Waals surface area contributed by atoms with Crippen molar-refractivity contribution in [1.29, 1.82) is 0 Å². The Kier molecular flexibility index (Phi) is 3.33. The van der Waals surface area contributed by atoms with E-state index in [1.807, 2.05) is 4.90 Å². The van der Waals surface area contributed by atoms with Gasteiger partial charge in [0.2, 0.25) is 0 Å². The number of thiophene rings is 1. The molecule has 0 spiro atoms. The molecule has 0 radical (unpaired) electrons. The van der Waals surface area contributed by atoms with Gasteiger partial charge in [0.15, 0.2) is 0 Å². The monoisotopic (exact) mass is 291 g/mol. The van der Waals surface area contributed by atoms with Crippen LogP contribution in [0.25, 0.3) is 0 Å². The maximum atomic E-state index is 12.5. The summed E-state index contributed by atoms with van der Waals surface area (Å²) in [6.45, 7) is 2.88. The third-order valence-corrected chi connectivity index (χ3v) is 4.88. The largest absolute Gasteiger partial charge is 0.331 e. The first-order chi connectivity index (χ1) is 9.16. The van der Waals surface area contributed by atoms with Crippen molar-refractivity contribution in [1.82, 2.24) is 4.90 Å². The van der Waals surface area contributed by atoms with Gasteiger partial charge < -0.3 is 4.90 Å². The highest BCUT2D eigenvalue weighted by atomic mass is 35.5. The molecule has 98 valence electrons. The molecule has 0 N–H and O–H groups in total. The average molecular weight is 292 g/mol. The molecular formula is C15H14ClNOS. The molecule has 4 heteroatoms. The fourth-order valence-corrected chi connectivity index (χ4v) is 3.63. The standard InChI is InChI=1S/C15H14ClNOS/c1-10-13-7-9-19-14(13)6-8-17(10)15(18)11-2-4-12(16)5-3-11/h2-5,7,9-10H,6,8H2,1H3. The van der Waals surface area contributed by atoms with E-state index in [0.717, 1.165) is 13.0 Å². The van der Waals surface area contributed by atoms with Crippen molar-refractivity contribution >= 4 is 28.8 Å². The van der Waals surface area contributed by atoms with Gasteiger partial charge in [-0.25, -0.2) is 0 Å². The predicted octanol–water partition coefficient (Wildman–Crippen LogP) is 4.16. The first-order valence-electron chi connectivity index (χ1n) is 6.29. The van der Waals surface area contributed by atoms with Crippen molar-refractivity contribution in [2.45, 2.75) is 19.4 Å². The molecule has 3 rings (SSSR count). The minimum Gasteiger partial charge on any atom is -0.331 e. The van der Waals surface area contributed by atoms with Crippen molar-refractivity contribution in [3.63, 3.8) is 0 Å². The van der Waals surface area contributed by atoms with Gasteiger partial charge in [0.25, 0.3) is 5.91 Å². The van der Waals surface area contributed by atoms with E-state index < -0.39 is 0 Å². The van der Waals surface area contributed by atoms with Crippen LogP contribution in [0.5, 0.6) is 0 Å². The van der Waals surface area contributed by atoms with Crippen LogP contribution in [0, 0.1) is 0 Å². The van der Waals surface area contributed by atoms with Gasteiger partial charge in [-0.2, -0.15) is 0 Å². The third-order valence-electron chi connectivity index (χ3n) is 3.63. The number of fused-ring (bicyclic) bond motifs is 1. The molecule has 2 heterocycles. The third kappa shape index (κ3) is 2.28. The quantitative estimate of drug-likeness (QED) is 0.772. The van der Waals surface area contributed by atoms with E-state index in [-0.39, 0.29) is 11.9 Å². The molecule has 1 aromatic carbocycles. The van der Waals surface area contributed by atoms with E-state index in [1.54, 1.807) is 35.6 Å². The van der Waals surface area contributed by atoms with Crippen LogP contribution in [0.3, 0.4) is 0 Å². The van der Waals surface area contributed by atoms with Crippen LogP contribution in [0.1, 0.15) is 33.8 Å². The molecule has 0 saturated carbocycles. The van der Waals surface area contributed by atoms with Crippen molar-refractivity contribution in [2.75, 3.05) is 6.54 Å². The van der Waals surface area contributed by atoms with E-state index in [2.05, 4.69) is 18.4 Å². The van der Waals surface area contributed by atoms with E-state index >= 15 is 0 Å². The van der Waals surface area contributed by atoms with Gasteiger partial charge in [0.1, 0.15) is 0 Å². The zero-order chi connectivity index (χ0) is 13.4. The van der Waals surface area contributed by atoms with Crippen molar-refractivity contribution < 1.29 is 4.79 Å². The lowest BCUT2D eigenvalue weighted by atomic mass is 10.0. The lowest BCUT2D eigenvalue weighted by molar-refractivity contribution is 0.0679. The maximum Gasteiger partial charge on any atom is 0.254 e. The number of carbonyl (C=O) groups is 1. The molecule has 1 unspecified atom stereocenters. The second kappa shape index (κ2) is 4.99. The Morgan fingerprint density at radius 1 is 1.32 bits per heavy atom. The Balaban J connectivity index is 1.87. The topological polar surface area (TPSA) is 20.3 Å². The number of hydrogen-bond acceptors (Lipinski definition) is 2. The number of nitrogens with zero attached hydrogens (tertiary/aromatic N) is 1. The van der Waals surface area contributed by atoms with Crippen LogP contribution >= 0.6 is 22.9 Å². The van der Waals surface area contributed by atoms with E-state index in [0.29, 0.717) is 10.6 Å². The van der Waals surface area contributed by atoms with Crippen LogP contribution in [-0.2, 0) is 6.42 Å². The van der Waals surface area contributed by atoms with Crippen molar-refractivity contribution in [3.8, 4) is 0 Å². The summed E-state index contributed by atoms with van der Waals surface area (Å²) < 4.78 is 0. The Hall–Kier alpha value is -1.32. The molecule has 0 bridgehead atoms. The van der Waals surface area contributed by atoms with Crippen LogP contribution in [0.4, 0.5) is 0 Å². The first kappa shape index (κ1) is 12.7. The Morgan fingerprint density at radius 2 is 2.05 bits per heavy atom. The summed E-state index contributed by atoms with van der Waals surface area (Å²) in [5.74, 6) is 0.0843. The first-order valence-corrected chi connectivity index (χ1v) is 7.55. The van der Waals surface area contributed by atoms with Gasteiger partial charge in [0, 0.05) is 22.0 Å². The van der Waals surface area contributed by atoms with Crippen molar-refractivity contribution in [2.24, 2.45) is 0 Å². The summed E-state index contributed by atoms with van der Waals surface area (Å²) in [6.07, 6.45) is 0.955. The van der Waals surface area contributed by atoms with Crippen LogP contribution in [0.2, 0.25) is 5.02 Å². The normalized spacial score (nSPS) is 18.2. The fourth-order valence-electron chi connectivity index (χ4n) is 2.55. The molecule has 2 aromatic rings. The Labute approximate surface area is 121 Å². The number of amides is 1. The highest BCUT2D eigenvalue weighted by Gasteiger charge is 2.28. The zero-order valence-electron chi connectivity index (χ0n) is 10.6. The number of carbonyl (C=O) groups excluding carboxylic acids is 1. The SMILES string of the molecule is CC1c2ccsc2CCN1C(=O)c1ccc(Cl)cc1. The molecule has 1 atom stereocenters. The highest BCUT2D eigenvalue weighted by molar-refractivity contribution is 7.10. The molecule has 1 aliphatic rings. The summed E-state index contributed by atoms with van der Waals surface area (Å²) in [6, 6.07) is 9.39. The molecule has 19 heavy (non-hydrogen) atoms. The summed E-state index contributed by atoms with van der Waals surface area (Å²) >= 11 is 7.64.